The number of aromatic nitrogens is 3. The lowest BCUT2D eigenvalue weighted by atomic mass is 9.96. The summed E-state index contributed by atoms with van der Waals surface area (Å²) in [5.74, 6) is -1.61. The van der Waals surface area contributed by atoms with Crippen LogP contribution in [0.2, 0.25) is 0 Å². The van der Waals surface area contributed by atoms with Crippen LogP contribution >= 0.6 is 0 Å². The third-order valence-corrected chi connectivity index (χ3v) is 3.60. The van der Waals surface area contributed by atoms with E-state index in [0.717, 1.165) is 6.92 Å². The number of alkyl halides is 4. The summed E-state index contributed by atoms with van der Waals surface area (Å²) in [6.45, 7) is -0.0390. The van der Waals surface area contributed by atoms with Gasteiger partial charge in [-0.15, -0.1) is 0 Å². The number of aliphatic hydroxyl groups excluding tert-OH is 1. The summed E-state index contributed by atoms with van der Waals surface area (Å²) in [6.07, 6.45) is -4.89. The molecule has 1 aromatic rings. The highest BCUT2D eigenvalue weighted by atomic mass is 19.4. The van der Waals surface area contributed by atoms with Crippen molar-refractivity contribution in [3.8, 4) is 0 Å². The van der Waals surface area contributed by atoms with E-state index < -0.39 is 36.8 Å². The molecule has 1 heterocycles. The van der Waals surface area contributed by atoms with E-state index in [-0.39, 0.29) is 36.7 Å². The minimum atomic E-state index is -4.54. The zero-order chi connectivity index (χ0) is 18.6. The van der Waals surface area contributed by atoms with Gasteiger partial charge in [0.25, 0.3) is 0 Å². The summed E-state index contributed by atoms with van der Waals surface area (Å²) in [6, 6.07) is -1.95. The normalized spacial score (nSPS) is 19.7. The minimum Gasteiger partial charge on any atom is -0.386 e. The van der Waals surface area contributed by atoms with E-state index in [9.17, 15) is 27.1 Å². The Morgan fingerprint density at radius 2 is 1.92 bits per heavy atom. The van der Waals surface area contributed by atoms with Gasteiger partial charge in [-0.3, -0.25) is 0 Å². The van der Waals surface area contributed by atoms with Crippen molar-refractivity contribution < 1.29 is 27.1 Å². The molecule has 6 nitrogen and oxygen atoms in total. The van der Waals surface area contributed by atoms with Crippen LogP contribution in [0, 0.1) is 0 Å². The maximum absolute atomic E-state index is 14.1. The number of halogens is 5. The SMILES string of the molecule is C[C@@H](Nc1nc(NCCF)nc(C2=C(F)C(O)CCC2)n1)C(F)(F)F. The number of nitrogens with zero attached hydrogens (tertiary/aromatic N) is 3. The average Bonchev–Trinajstić information content (AvgIpc) is 2.54. The number of hydrogen-bond donors (Lipinski definition) is 3. The molecule has 1 aliphatic carbocycles. The van der Waals surface area contributed by atoms with E-state index in [1.807, 2.05) is 0 Å². The van der Waals surface area contributed by atoms with Gasteiger partial charge in [-0.25, -0.2) is 8.78 Å². The number of rotatable bonds is 6. The Balaban J connectivity index is 2.38. The second-order valence-corrected chi connectivity index (χ2v) is 5.56. The molecule has 0 aromatic carbocycles. The zero-order valence-corrected chi connectivity index (χ0v) is 13.4. The van der Waals surface area contributed by atoms with Crippen LogP contribution in [0.1, 0.15) is 32.0 Å². The molecule has 2 atom stereocenters. The maximum Gasteiger partial charge on any atom is 0.408 e. The molecule has 25 heavy (non-hydrogen) atoms. The number of aliphatic hydroxyl groups is 1. The van der Waals surface area contributed by atoms with Crippen LogP contribution in [0.15, 0.2) is 5.83 Å². The average molecular weight is 367 g/mol. The minimum absolute atomic E-state index is 0.00663. The van der Waals surface area contributed by atoms with Gasteiger partial charge in [-0.05, 0) is 26.2 Å². The second-order valence-electron chi connectivity index (χ2n) is 5.56. The number of allylic oxidation sites excluding steroid dienone is 1. The Kier molecular flexibility index (Phi) is 6.09. The first kappa shape index (κ1) is 19.3. The van der Waals surface area contributed by atoms with Crippen LogP contribution < -0.4 is 10.6 Å². The highest BCUT2D eigenvalue weighted by molar-refractivity contribution is 5.65. The molecule has 0 spiro atoms. The van der Waals surface area contributed by atoms with Crippen molar-refractivity contribution in [1.82, 2.24) is 15.0 Å². The van der Waals surface area contributed by atoms with Crippen LogP contribution in [0.4, 0.5) is 33.8 Å². The van der Waals surface area contributed by atoms with E-state index in [1.165, 1.54) is 0 Å². The molecule has 0 radical (unpaired) electrons. The molecule has 0 amide bonds. The predicted molar refractivity (Wildman–Crippen MR) is 81.3 cm³/mol. The van der Waals surface area contributed by atoms with Gasteiger partial charge in [0.2, 0.25) is 11.9 Å². The maximum atomic E-state index is 14.1. The molecule has 0 bridgehead atoms. The van der Waals surface area contributed by atoms with Crippen LogP contribution in [0.25, 0.3) is 5.57 Å². The van der Waals surface area contributed by atoms with Gasteiger partial charge < -0.3 is 15.7 Å². The summed E-state index contributed by atoms with van der Waals surface area (Å²) in [5, 5.41) is 14.2. The van der Waals surface area contributed by atoms with Gasteiger partial charge in [0.15, 0.2) is 5.82 Å². The quantitative estimate of drug-likeness (QED) is 0.671. The van der Waals surface area contributed by atoms with Crippen LogP contribution in [-0.4, -0.2) is 51.6 Å². The summed E-state index contributed by atoms with van der Waals surface area (Å²) >= 11 is 0. The Labute approximate surface area is 140 Å². The summed E-state index contributed by atoms with van der Waals surface area (Å²) in [5.41, 5.74) is 0.00663. The lowest BCUT2D eigenvalue weighted by Gasteiger charge is -2.21. The largest absolute Gasteiger partial charge is 0.408 e. The summed E-state index contributed by atoms with van der Waals surface area (Å²) in [4.78, 5) is 11.5. The number of hydrogen-bond acceptors (Lipinski definition) is 6. The first-order chi connectivity index (χ1) is 11.7. The lowest BCUT2D eigenvalue weighted by Crippen LogP contribution is -2.34. The van der Waals surface area contributed by atoms with Crippen LogP contribution in [-0.2, 0) is 0 Å². The number of nitrogens with one attached hydrogen (secondary N) is 2. The van der Waals surface area contributed by atoms with Gasteiger partial charge in [0.1, 0.15) is 24.6 Å². The first-order valence-corrected chi connectivity index (χ1v) is 7.68. The van der Waals surface area contributed by atoms with Crippen molar-refractivity contribution in [2.45, 2.75) is 44.5 Å². The van der Waals surface area contributed by atoms with E-state index in [0.29, 0.717) is 6.42 Å². The van der Waals surface area contributed by atoms with E-state index in [1.54, 1.807) is 0 Å². The zero-order valence-electron chi connectivity index (χ0n) is 13.4. The molecular weight excluding hydrogens is 349 g/mol. The highest BCUT2D eigenvalue weighted by Gasteiger charge is 2.36. The molecule has 0 saturated carbocycles. The number of anilines is 2. The van der Waals surface area contributed by atoms with Crippen molar-refractivity contribution in [3.63, 3.8) is 0 Å². The molecule has 1 aliphatic rings. The Hall–Kier alpha value is -2.04. The Morgan fingerprint density at radius 3 is 2.56 bits per heavy atom. The molecule has 2 rings (SSSR count). The third-order valence-electron chi connectivity index (χ3n) is 3.60. The molecule has 0 saturated heterocycles. The molecule has 1 aromatic heterocycles. The van der Waals surface area contributed by atoms with Crippen molar-refractivity contribution in [1.29, 1.82) is 0 Å². The second kappa shape index (κ2) is 7.89. The van der Waals surface area contributed by atoms with Crippen molar-refractivity contribution >= 4 is 17.5 Å². The Bertz CT molecular complexity index is 637. The predicted octanol–water partition coefficient (Wildman–Crippen LogP) is 2.84. The summed E-state index contributed by atoms with van der Waals surface area (Å²) < 4.78 is 64.6. The van der Waals surface area contributed by atoms with E-state index in [2.05, 4.69) is 25.6 Å². The topological polar surface area (TPSA) is 83.0 Å². The monoisotopic (exact) mass is 367 g/mol. The van der Waals surface area contributed by atoms with Gasteiger partial charge in [-0.1, -0.05) is 0 Å². The van der Waals surface area contributed by atoms with Crippen molar-refractivity contribution in [2.75, 3.05) is 23.9 Å². The standard InChI is InChI=1S/C14H18F5N5O/c1-7(14(17,18)19)21-13-23-11(22-12(24-13)20-6-5-15)8-3-2-4-9(25)10(8)16/h7,9,25H,2-6H2,1H3,(H2,20,21,22,23,24)/t7-,9?/m1/s1. The highest BCUT2D eigenvalue weighted by Crippen LogP contribution is 2.32. The molecule has 140 valence electrons. The molecule has 0 aliphatic heterocycles. The smallest absolute Gasteiger partial charge is 0.386 e. The van der Waals surface area contributed by atoms with Gasteiger partial charge in [-0.2, -0.15) is 28.1 Å². The molecule has 3 N–H and O–H groups in total. The van der Waals surface area contributed by atoms with Crippen molar-refractivity contribution in [3.05, 3.63) is 11.7 Å². The molecule has 0 fully saturated rings. The Morgan fingerprint density at radius 1 is 1.24 bits per heavy atom. The van der Waals surface area contributed by atoms with Gasteiger partial charge >= 0.3 is 6.18 Å². The van der Waals surface area contributed by atoms with Gasteiger partial charge in [0.05, 0.1) is 0 Å². The lowest BCUT2D eigenvalue weighted by molar-refractivity contribution is -0.138. The summed E-state index contributed by atoms with van der Waals surface area (Å²) in [7, 11) is 0. The van der Waals surface area contributed by atoms with E-state index >= 15 is 0 Å². The van der Waals surface area contributed by atoms with Crippen molar-refractivity contribution in [2.24, 2.45) is 0 Å². The molecule has 1 unspecified atom stereocenters. The van der Waals surface area contributed by atoms with Gasteiger partial charge in [0, 0.05) is 12.1 Å². The molecular formula is C14H18F5N5O. The van der Waals surface area contributed by atoms with Crippen LogP contribution in [0.3, 0.4) is 0 Å². The van der Waals surface area contributed by atoms with Crippen LogP contribution in [0.5, 0.6) is 0 Å². The molecule has 11 heteroatoms. The van der Waals surface area contributed by atoms with E-state index in [4.69, 9.17) is 0 Å². The third kappa shape index (κ3) is 4.97. The first-order valence-electron chi connectivity index (χ1n) is 7.68. The fraction of sp³-hybridized carbons (Fsp3) is 0.643. The fourth-order valence-electron chi connectivity index (χ4n) is 2.23. The fourth-order valence-corrected chi connectivity index (χ4v) is 2.23.